The van der Waals surface area contributed by atoms with Crippen LogP contribution in [0.15, 0.2) is 36.4 Å². The molecule has 0 aliphatic carbocycles. The summed E-state index contributed by atoms with van der Waals surface area (Å²) in [7, 11) is 1.91. The molecule has 0 saturated carbocycles. The molecule has 0 bridgehead atoms. The summed E-state index contributed by atoms with van der Waals surface area (Å²) in [5.41, 5.74) is 3.03. The van der Waals surface area contributed by atoms with Gasteiger partial charge in [-0.05, 0) is 54.9 Å². The highest BCUT2D eigenvalue weighted by Gasteiger charge is 2.09. The van der Waals surface area contributed by atoms with Gasteiger partial charge in [0.25, 0.3) is 0 Å². The lowest BCUT2D eigenvalue weighted by Crippen LogP contribution is -2.12. The molecule has 19 heavy (non-hydrogen) atoms. The molecule has 2 aromatic carbocycles. The van der Waals surface area contributed by atoms with Crippen LogP contribution >= 0.6 is 34.8 Å². The van der Waals surface area contributed by atoms with Crippen LogP contribution in [0.5, 0.6) is 0 Å². The minimum atomic E-state index is 0.212. The first-order valence-corrected chi connectivity index (χ1v) is 7.08. The smallest absolute Gasteiger partial charge is 0.0459 e. The highest BCUT2D eigenvalue weighted by molar-refractivity contribution is 6.35. The van der Waals surface area contributed by atoms with Crippen LogP contribution in [0.1, 0.15) is 18.5 Å². The summed E-state index contributed by atoms with van der Waals surface area (Å²) in [6.07, 6.45) is 0. The largest absolute Gasteiger partial charge is 0.313 e. The quantitative estimate of drug-likeness (QED) is 0.778. The van der Waals surface area contributed by atoms with E-state index in [2.05, 4.69) is 12.2 Å². The van der Waals surface area contributed by atoms with Gasteiger partial charge >= 0.3 is 0 Å². The van der Waals surface area contributed by atoms with Crippen LogP contribution < -0.4 is 5.32 Å². The standard InChI is InChI=1S/C15H14Cl3N/c1-9(19-2)14-4-3-10(7-15(14)18)11-5-12(16)8-13(17)6-11/h3-9,19H,1-2H3. The summed E-state index contributed by atoms with van der Waals surface area (Å²) in [5.74, 6) is 0. The van der Waals surface area contributed by atoms with E-state index in [4.69, 9.17) is 34.8 Å². The molecule has 0 fully saturated rings. The fraction of sp³-hybridized carbons (Fsp3) is 0.200. The molecule has 2 rings (SSSR count). The van der Waals surface area contributed by atoms with E-state index in [-0.39, 0.29) is 6.04 Å². The molecular weight excluding hydrogens is 301 g/mol. The lowest BCUT2D eigenvalue weighted by Gasteiger charge is -2.14. The predicted molar refractivity (Wildman–Crippen MR) is 84.4 cm³/mol. The molecule has 1 atom stereocenters. The predicted octanol–water partition coefficient (Wildman–Crippen LogP) is 5.59. The zero-order valence-electron chi connectivity index (χ0n) is 10.7. The van der Waals surface area contributed by atoms with E-state index in [0.717, 1.165) is 21.7 Å². The molecule has 0 saturated heterocycles. The number of hydrogen-bond acceptors (Lipinski definition) is 1. The fourth-order valence-corrected chi connectivity index (χ4v) is 2.80. The Labute approximate surface area is 128 Å². The maximum absolute atomic E-state index is 6.33. The first kappa shape index (κ1) is 14.7. The molecule has 4 heteroatoms. The molecule has 0 aliphatic rings. The second kappa shape index (κ2) is 6.15. The zero-order valence-corrected chi connectivity index (χ0v) is 12.9. The van der Waals surface area contributed by atoms with E-state index in [9.17, 15) is 0 Å². The number of hydrogen-bond donors (Lipinski definition) is 1. The van der Waals surface area contributed by atoms with Crippen molar-refractivity contribution in [3.63, 3.8) is 0 Å². The van der Waals surface area contributed by atoms with Gasteiger partial charge in [0.2, 0.25) is 0 Å². The number of nitrogens with one attached hydrogen (secondary N) is 1. The Morgan fingerprint density at radius 1 is 0.895 bits per heavy atom. The minimum Gasteiger partial charge on any atom is -0.313 e. The normalized spacial score (nSPS) is 12.5. The Hall–Kier alpha value is -0.730. The molecule has 0 aliphatic heterocycles. The van der Waals surface area contributed by atoms with Crippen molar-refractivity contribution in [3.8, 4) is 11.1 Å². The summed E-state index contributed by atoms with van der Waals surface area (Å²) in [5, 5.41) is 5.14. The van der Waals surface area contributed by atoms with E-state index < -0.39 is 0 Å². The third-order valence-corrected chi connectivity index (χ3v) is 3.86. The molecule has 0 spiro atoms. The molecule has 100 valence electrons. The Morgan fingerprint density at radius 3 is 2.05 bits per heavy atom. The van der Waals surface area contributed by atoms with E-state index >= 15 is 0 Å². The maximum Gasteiger partial charge on any atom is 0.0459 e. The minimum absolute atomic E-state index is 0.212. The van der Waals surface area contributed by atoms with Crippen LogP contribution in [0, 0.1) is 0 Å². The summed E-state index contributed by atoms with van der Waals surface area (Å²) >= 11 is 18.4. The number of rotatable bonds is 3. The van der Waals surface area contributed by atoms with Gasteiger partial charge in [0.05, 0.1) is 0 Å². The molecule has 0 radical (unpaired) electrons. The van der Waals surface area contributed by atoms with Crippen molar-refractivity contribution in [1.82, 2.24) is 5.32 Å². The highest BCUT2D eigenvalue weighted by Crippen LogP contribution is 2.31. The average molecular weight is 315 g/mol. The second-order valence-electron chi connectivity index (χ2n) is 4.40. The average Bonchev–Trinajstić information content (AvgIpc) is 2.36. The molecule has 2 aromatic rings. The summed E-state index contributed by atoms with van der Waals surface area (Å²) in [6, 6.07) is 11.7. The van der Waals surface area contributed by atoms with E-state index in [1.807, 2.05) is 37.4 Å². The Bertz CT molecular complexity index is 576. The van der Waals surface area contributed by atoms with Crippen LogP contribution in [0.25, 0.3) is 11.1 Å². The van der Waals surface area contributed by atoms with Gasteiger partial charge in [-0.1, -0.05) is 46.9 Å². The third-order valence-electron chi connectivity index (χ3n) is 3.10. The summed E-state index contributed by atoms with van der Waals surface area (Å²) in [6.45, 7) is 2.07. The number of halogens is 3. The Morgan fingerprint density at radius 2 is 1.53 bits per heavy atom. The van der Waals surface area contributed by atoms with Gasteiger partial charge in [0.1, 0.15) is 0 Å². The molecule has 1 nitrogen and oxygen atoms in total. The van der Waals surface area contributed by atoms with Gasteiger partial charge in [0, 0.05) is 21.1 Å². The molecule has 1 N–H and O–H groups in total. The van der Waals surface area contributed by atoms with Crippen molar-refractivity contribution in [1.29, 1.82) is 0 Å². The monoisotopic (exact) mass is 313 g/mol. The molecular formula is C15H14Cl3N. The van der Waals surface area contributed by atoms with Crippen LogP contribution in [-0.2, 0) is 0 Å². The van der Waals surface area contributed by atoms with Crippen LogP contribution in [0.2, 0.25) is 15.1 Å². The number of benzene rings is 2. The van der Waals surface area contributed by atoms with Gasteiger partial charge in [-0.25, -0.2) is 0 Å². The van der Waals surface area contributed by atoms with Crippen molar-refractivity contribution in [3.05, 3.63) is 57.0 Å². The molecule has 0 amide bonds. The van der Waals surface area contributed by atoms with Crippen LogP contribution in [0.3, 0.4) is 0 Å². The molecule has 0 heterocycles. The SMILES string of the molecule is CNC(C)c1ccc(-c2cc(Cl)cc(Cl)c2)cc1Cl. The van der Waals surface area contributed by atoms with Gasteiger partial charge in [-0.3, -0.25) is 0 Å². The van der Waals surface area contributed by atoms with Gasteiger partial charge < -0.3 is 5.32 Å². The lowest BCUT2D eigenvalue weighted by molar-refractivity contribution is 0.652. The van der Waals surface area contributed by atoms with Crippen molar-refractivity contribution < 1.29 is 0 Å². The third kappa shape index (κ3) is 3.43. The Balaban J connectivity index is 2.44. The van der Waals surface area contributed by atoms with E-state index in [1.165, 1.54) is 0 Å². The van der Waals surface area contributed by atoms with Crippen molar-refractivity contribution in [2.75, 3.05) is 7.05 Å². The maximum atomic E-state index is 6.33. The lowest BCUT2D eigenvalue weighted by atomic mass is 10.0. The Kier molecular flexibility index (Phi) is 4.75. The van der Waals surface area contributed by atoms with Gasteiger partial charge in [-0.2, -0.15) is 0 Å². The van der Waals surface area contributed by atoms with Crippen molar-refractivity contribution >= 4 is 34.8 Å². The fourth-order valence-electron chi connectivity index (χ4n) is 1.93. The van der Waals surface area contributed by atoms with E-state index in [0.29, 0.717) is 10.0 Å². The second-order valence-corrected chi connectivity index (χ2v) is 5.68. The van der Waals surface area contributed by atoms with Gasteiger partial charge in [0.15, 0.2) is 0 Å². The zero-order chi connectivity index (χ0) is 14.0. The van der Waals surface area contributed by atoms with Crippen molar-refractivity contribution in [2.45, 2.75) is 13.0 Å². The van der Waals surface area contributed by atoms with E-state index in [1.54, 1.807) is 6.07 Å². The van der Waals surface area contributed by atoms with Crippen LogP contribution in [-0.4, -0.2) is 7.05 Å². The first-order valence-electron chi connectivity index (χ1n) is 5.94. The van der Waals surface area contributed by atoms with Crippen molar-refractivity contribution in [2.24, 2.45) is 0 Å². The highest BCUT2D eigenvalue weighted by atomic mass is 35.5. The van der Waals surface area contributed by atoms with Gasteiger partial charge in [-0.15, -0.1) is 0 Å². The molecule has 0 aromatic heterocycles. The topological polar surface area (TPSA) is 12.0 Å². The first-order chi connectivity index (χ1) is 9.01. The van der Waals surface area contributed by atoms with Crippen LogP contribution in [0.4, 0.5) is 0 Å². The molecule has 1 unspecified atom stereocenters. The summed E-state index contributed by atoms with van der Waals surface area (Å²) in [4.78, 5) is 0. The summed E-state index contributed by atoms with van der Waals surface area (Å²) < 4.78 is 0.